The van der Waals surface area contributed by atoms with Gasteiger partial charge in [0, 0.05) is 48.4 Å². The van der Waals surface area contributed by atoms with Gasteiger partial charge in [-0.2, -0.15) is 5.10 Å². The van der Waals surface area contributed by atoms with Crippen molar-refractivity contribution in [2.45, 2.75) is 45.2 Å². The van der Waals surface area contributed by atoms with Crippen LogP contribution in [-0.4, -0.2) is 49.2 Å². The van der Waals surface area contributed by atoms with E-state index in [1.807, 2.05) is 61.5 Å². The van der Waals surface area contributed by atoms with Crippen LogP contribution in [0.1, 0.15) is 41.0 Å². The number of hydrogen-bond acceptors (Lipinski definition) is 5. The lowest BCUT2D eigenvalue weighted by molar-refractivity contribution is 0.0703. The van der Waals surface area contributed by atoms with Gasteiger partial charge in [-0.3, -0.25) is 4.79 Å². The molecule has 2 saturated heterocycles. The number of ether oxygens (including phenoxy) is 1. The van der Waals surface area contributed by atoms with Crippen LogP contribution in [0.25, 0.3) is 5.69 Å². The number of amides is 1. The van der Waals surface area contributed by atoms with Gasteiger partial charge in [-0.15, -0.1) is 0 Å². The second-order valence-corrected chi connectivity index (χ2v) is 8.26. The lowest BCUT2D eigenvalue weighted by Gasteiger charge is -2.25. The summed E-state index contributed by atoms with van der Waals surface area (Å²) in [6.45, 7) is 4.49. The topological polar surface area (TPSA) is 73.1 Å². The molecule has 3 aromatic heterocycles. The highest BCUT2D eigenvalue weighted by molar-refractivity contribution is 5.96. The van der Waals surface area contributed by atoms with Gasteiger partial charge in [0.15, 0.2) is 5.69 Å². The molecule has 2 aliphatic rings. The first kappa shape index (κ1) is 18.8. The Labute approximate surface area is 175 Å². The third-order valence-electron chi connectivity index (χ3n) is 6.20. The predicted octanol–water partition coefficient (Wildman–Crippen LogP) is 3.35. The minimum Gasteiger partial charge on any atom is -0.477 e. The number of aryl methyl sites for hydroxylation is 2. The molecule has 7 nitrogen and oxygen atoms in total. The zero-order chi connectivity index (χ0) is 20.7. The highest BCUT2D eigenvalue weighted by atomic mass is 16.5. The molecule has 0 saturated carbocycles. The second-order valence-electron chi connectivity index (χ2n) is 8.26. The molecule has 7 heteroatoms. The van der Waals surface area contributed by atoms with Gasteiger partial charge < -0.3 is 9.64 Å². The lowest BCUT2D eigenvalue weighted by atomic mass is 9.90. The van der Waals surface area contributed by atoms with E-state index in [1.165, 1.54) is 0 Å². The van der Waals surface area contributed by atoms with Crippen LogP contribution in [0.15, 0.2) is 48.9 Å². The number of rotatable bonds is 5. The molecule has 30 heavy (non-hydrogen) atoms. The monoisotopic (exact) mass is 403 g/mol. The average molecular weight is 403 g/mol. The minimum atomic E-state index is -0.00680. The summed E-state index contributed by atoms with van der Waals surface area (Å²) in [6.07, 6.45) is 8.37. The average Bonchev–Trinajstić information content (AvgIpc) is 3.49. The zero-order valence-corrected chi connectivity index (χ0v) is 17.2. The van der Waals surface area contributed by atoms with Crippen LogP contribution >= 0.6 is 0 Å². The Hall–Kier alpha value is -3.22. The third kappa shape index (κ3) is 3.34. The van der Waals surface area contributed by atoms with Gasteiger partial charge in [0.1, 0.15) is 0 Å². The lowest BCUT2D eigenvalue weighted by Crippen LogP contribution is -2.38. The van der Waals surface area contributed by atoms with Gasteiger partial charge in [0.25, 0.3) is 5.91 Å². The first-order valence-corrected chi connectivity index (χ1v) is 10.5. The standard InChI is InChI=1S/C23H25N5O2/c1-15-4-9-21(24-13-15)30-14-17-12-18-6-8-19(17)28(18)23(29)22-20(7-5-16(2)26-22)27-11-3-10-25-27/h3-5,7,9-11,13,17-19H,6,8,12,14H2,1-2H3. The fourth-order valence-corrected chi connectivity index (χ4v) is 4.77. The highest BCUT2D eigenvalue weighted by Gasteiger charge is 2.49. The summed E-state index contributed by atoms with van der Waals surface area (Å²) in [6, 6.07) is 10.0. The predicted molar refractivity (Wildman–Crippen MR) is 112 cm³/mol. The second kappa shape index (κ2) is 7.55. The van der Waals surface area contributed by atoms with E-state index in [1.54, 1.807) is 10.9 Å². The number of nitrogens with zero attached hydrogens (tertiary/aromatic N) is 5. The highest BCUT2D eigenvalue weighted by Crippen LogP contribution is 2.42. The van der Waals surface area contributed by atoms with E-state index in [0.717, 1.165) is 36.2 Å². The van der Waals surface area contributed by atoms with Crippen molar-refractivity contribution in [1.29, 1.82) is 0 Å². The van der Waals surface area contributed by atoms with Crippen LogP contribution < -0.4 is 4.74 Å². The Morgan fingerprint density at radius 3 is 2.87 bits per heavy atom. The molecule has 2 aliphatic heterocycles. The number of carbonyl (C=O) groups excluding carboxylic acids is 1. The minimum absolute atomic E-state index is 0.00680. The largest absolute Gasteiger partial charge is 0.477 e. The van der Waals surface area contributed by atoms with Crippen LogP contribution in [0.3, 0.4) is 0 Å². The fraction of sp³-hybridized carbons (Fsp3) is 0.391. The quantitative estimate of drug-likeness (QED) is 0.653. The molecule has 1 amide bonds. The number of pyridine rings is 2. The van der Waals surface area contributed by atoms with Crippen molar-refractivity contribution in [2.24, 2.45) is 5.92 Å². The summed E-state index contributed by atoms with van der Waals surface area (Å²) >= 11 is 0. The molecule has 3 unspecified atom stereocenters. The summed E-state index contributed by atoms with van der Waals surface area (Å²) in [5.74, 6) is 0.948. The smallest absolute Gasteiger partial charge is 0.275 e. The van der Waals surface area contributed by atoms with Gasteiger partial charge in [0.05, 0.1) is 12.3 Å². The Morgan fingerprint density at radius 2 is 2.10 bits per heavy atom. The van der Waals surface area contributed by atoms with E-state index >= 15 is 0 Å². The molecule has 3 atom stereocenters. The van der Waals surface area contributed by atoms with Gasteiger partial charge in [-0.25, -0.2) is 14.6 Å². The van der Waals surface area contributed by atoms with Gasteiger partial charge in [0.2, 0.25) is 5.88 Å². The molecule has 0 radical (unpaired) electrons. The summed E-state index contributed by atoms with van der Waals surface area (Å²) < 4.78 is 7.66. The number of carbonyl (C=O) groups is 1. The summed E-state index contributed by atoms with van der Waals surface area (Å²) in [4.78, 5) is 24.6. The summed E-state index contributed by atoms with van der Waals surface area (Å²) in [5, 5.41) is 4.30. The molecule has 0 aromatic carbocycles. The SMILES string of the molecule is Cc1ccc(OCC2CC3CCC2N3C(=O)c2nc(C)ccc2-n2cccn2)nc1. The van der Waals surface area contributed by atoms with Crippen LogP contribution in [0.4, 0.5) is 0 Å². The number of fused-ring (bicyclic) bond motifs is 2. The van der Waals surface area contributed by atoms with E-state index in [4.69, 9.17) is 4.74 Å². The van der Waals surface area contributed by atoms with E-state index in [2.05, 4.69) is 15.1 Å². The van der Waals surface area contributed by atoms with Crippen molar-refractivity contribution in [3.05, 3.63) is 65.9 Å². The van der Waals surface area contributed by atoms with Gasteiger partial charge in [-0.05, 0) is 56.9 Å². The third-order valence-corrected chi connectivity index (χ3v) is 6.20. The van der Waals surface area contributed by atoms with Crippen molar-refractivity contribution < 1.29 is 9.53 Å². The maximum Gasteiger partial charge on any atom is 0.275 e. The molecule has 2 fully saturated rings. The molecule has 2 bridgehead atoms. The van der Waals surface area contributed by atoms with Gasteiger partial charge in [-0.1, -0.05) is 6.07 Å². The maximum atomic E-state index is 13.6. The Balaban J connectivity index is 1.36. The van der Waals surface area contributed by atoms with Crippen molar-refractivity contribution >= 4 is 5.91 Å². The van der Waals surface area contributed by atoms with E-state index in [-0.39, 0.29) is 18.0 Å². The zero-order valence-electron chi connectivity index (χ0n) is 17.2. The Morgan fingerprint density at radius 1 is 1.20 bits per heavy atom. The molecule has 0 N–H and O–H groups in total. The van der Waals surface area contributed by atoms with Crippen LogP contribution in [0, 0.1) is 19.8 Å². The van der Waals surface area contributed by atoms with Crippen LogP contribution in [0.2, 0.25) is 0 Å². The Bertz CT molecular complexity index is 1050. The van der Waals surface area contributed by atoms with Crippen molar-refractivity contribution in [3.63, 3.8) is 0 Å². The van der Waals surface area contributed by atoms with E-state index in [0.29, 0.717) is 24.1 Å². The molecular formula is C23H25N5O2. The van der Waals surface area contributed by atoms with Crippen molar-refractivity contribution in [1.82, 2.24) is 24.6 Å². The van der Waals surface area contributed by atoms with E-state index in [9.17, 15) is 4.79 Å². The molecule has 5 rings (SSSR count). The van der Waals surface area contributed by atoms with Crippen LogP contribution in [-0.2, 0) is 0 Å². The summed E-state index contributed by atoms with van der Waals surface area (Å²) in [5.41, 5.74) is 3.12. The normalized spacial score (nSPS) is 22.5. The number of aromatic nitrogens is 4. The molecule has 0 spiro atoms. The summed E-state index contributed by atoms with van der Waals surface area (Å²) in [7, 11) is 0. The Kier molecular flexibility index (Phi) is 4.73. The van der Waals surface area contributed by atoms with Gasteiger partial charge >= 0.3 is 0 Å². The van der Waals surface area contributed by atoms with Crippen molar-refractivity contribution in [3.8, 4) is 11.6 Å². The molecule has 154 valence electrons. The molecule has 5 heterocycles. The molecule has 3 aromatic rings. The van der Waals surface area contributed by atoms with Crippen molar-refractivity contribution in [2.75, 3.05) is 6.61 Å². The fourth-order valence-electron chi connectivity index (χ4n) is 4.77. The molecular weight excluding hydrogens is 378 g/mol. The first-order valence-electron chi connectivity index (χ1n) is 10.5. The van der Waals surface area contributed by atoms with Crippen LogP contribution in [0.5, 0.6) is 5.88 Å². The first-order chi connectivity index (χ1) is 14.6. The maximum absolute atomic E-state index is 13.6. The molecule has 0 aliphatic carbocycles. The van der Waals surface area contributed by atoms with E-state index < -0.39 is 0 Å². The number of hydrogen-bond donors (Lipinski definition) is 0.